The number of rotatable bonds is 4. The molecule has 0 amide bonds. The second-order valence-corrected chi connectivity index (χ2v) is 8.78. The van der Waals surface area contributed by atoms with Crippen molar-refractivity contribution < 1.29 is 14.5 Å². The molecular formula is C24H25N3O5. The van der Waals surface area contributed by atoms with Gasteiger partial charge >= 0.3 is 5.97 Å². The number of anilines is 2. The van der Waals surface area contributed by atoms with Gasteiger partial charge in [-0.15, -0.1) is 0 Å². The van der Waals surface area contributed by atoms with Crippen molar-refractivity contribution in [1.29, 1.82) is 0 Å². The number of benzene rings is 2. The molecule has 8 heteroatoms. The smallest absolute Gasteiger partial charge is 0.343 e. The van der Waals surface area contributed by atoms with Gasteiger partial charge in [0, 0.05) is 30.0 Å². The number of nitrogens with zero attached hydrogens (tertiary/aromatic N) is 3. The van der Waals surface area contributed by atoms with Crippen molar-refractivity contribution in [3.05, 3.63) is 74.1 Å². The standard InChI is InChI=1S/C24H25N3O5/c1-5-32-23(29)17-14-26(24(2,3)4)19-13-20(21(27(30)31)12-16(19)22(17)28)25-11-10-15-8-6-7-9-18(15)25/h6-9,12-14H,5,10-11H2,1-4H3. The predicted molar refractivity (Wildman–Crippen MR) is 123 cm³/mol. The fraction of sp³-hybridized carbons (Fsp3) is 0.333. The van der Waals surface area contributed by atoms with E-state index in [1.807, 2.05) is 54.5 Å². The first kappa shape index (κ1) is 21.5. The number of carbonyl (C=O) groups excluding carboxylic acids is 1. The number of nitro groups is 1. The van der Waals surface area contributed by atoms with Crippen LogP contribution in [0.1, 0.15) is 43.6 Å². The van der Waals surface area contributed by atoms with E-state index in [0.29, 0.717) is 17.7 Å². The van der Waals surface area contributed by atoms with E-state index in [1.54, 1.807) is 13.0 Å². The Morgan fingerprint density at radius 1 is 1.19 bits per heavy atom. The van der Waals surface area contributed by atoms with E-state index in [2.05, 4.69) is 0 Å². The molecule has 0 spiro atoms. The number of fused-ring (bicyclic) bond motifs is 2. The van der Waals surface area contributed by atoms with Gasteiger partial charge in [0.15, 0.2) is 0 Å². The fourth-order valence-corrected chi connectivity index (χ4v) is 4.21. The lowest BCUT2D eigenvalue weighted by molar-refractivity contribution is -0.384. The number of hydrogen-bond donors (Lipinski definition) is 0. The Balaban J connectivity index is 2.05. The lowest BCUT2D eigenvalue weighted by Crippen LogP contribution is -2.28. The maximum atomic E-state index is 13.2. The summed E-state index contributed by atoms with van der Waals surface area (Å²) >= 11 is 0. The van der Waals surface area contributed by atoms with E-state index in [4.69, 9.17) is 4.74 Å². The van der Waals surface area contributed by atoms with Crippen LogP contribution in [0.15, 0.2) is 47.4 Å². The normalized spacial score (nSPS) is 13.3. The van der Waals surface area contributed by atoms with Gasteiger partial charge in [-0.1, -0.05) is 18.2 Å². The Bertz CT molecular complexity index is 1300. The van der Waals surface area contributed by atoms with Crippen LogP contribution < -0.4 is 10.3 Å². The summed E-state index contributed by atoms with van der Waals surface area (Å²) in [6, 6.07) is 10.8. The minimum atomic E-state index is -0.738. The molecule has 32 heavy (non-hydrogen) atoms. The van der Waals surface area contributed by atoms with Crippen molar-refractivity contribution in [2.75, 3.05) is 18.1 Å². The average Bonchev–Trinajstić information content (AvgIpc) is 3.16. The highest BCUT2D eigenvalue weighted by Gasteiger charge is 2.30. The first-order valence-electron chi connectivity index (χ1n) is 10.5. The number of hydrogen-bond acceptors (Lipinski definition) is 6. The zero-order chi connectivity index (χ0) is 23.2. The molecule has 0 aliphatic carbocycles. The lowest BCUT2D eigenvalue weighted by atomic mass is 10.0. The molecule has 0 bridgehead atoms. The monoisotopic (exact) mass is 435 g/mol. The maximum Gasteiger partial charge on any atom is 0.343 e. The molecule has 1 aliphatic rings. The van der Waals surface area contributed by atoms with Gasteiger partial charge in [0.1, 0.15) is 11.3 Å². The average molecular weight is 435 g/mol. The Kier molecular flexibility index (Phi) is 5.24. The molecule has 3 aromatic rings. The van der Waals surface area contributed by atoms with Crippen LogP contribution in [0.2, 0.25) is 0 Å². The number of aromatic nitrogens is 1. The largest absolute Gasteiger partial charge is 0.462 e. The summed E-state index contributed by atoms with van der Waals surface area (Å²) in [5.41, 5.74) is 1.61. The topological polar surface area (TPSA) is 94.7 Å². The molecule has 1 aliphatic heterocycles. The van der Waals surface area contributed by atoms with Crippen LogP contribution in [-0.2, 0) is 16.7 Å². The SMILES string of the molecule is CCOC(=O)c1cn(C(C)(C)C)c2cc(N3CCc4ccccc43)c([N+](=O)[O-])cc2c1=O. The van der Waals surface area contributed by atoms with Gasteiger partial charge in [-0.3, -0.25) is 14.9 Å². The van der Waals surface area contributed by atoms with Crippen LogP contribution in [0.4, 0.5) is 17.1 Å². The molecule has 166 valence electrons. The molecule has 2 heterocycles. The Labute approximate surface area is 185 Å². The molecule has 0 radical (unpaired) electrons. The van der Waals surface area contributed by atoms with Gasteiger partial charge in [0.2, 0.25) is 5.43 Å². The number of pyridine rings is 1. The highest BCUT2D eigenvalue weighted by Crippen LogP contribution is 2.41. The number of nitro benzene ring substituents is 1. The lowest BCUT2D eigenvalue weighted by Gasteiger charge is -2.27. The molecule has 0 fully saturated rings. The first-order chi connectivity index (χ1) is 15.1. The molecule has 4 rings (SSSR count). The zero-order valence-corrected chi connectivity index (χ0v) is 18.5. The summed E-state index contributed by atoms with van der Waals surface area (Å²) < 4.78 is 6.86. The van der Waals surface area contributed by atoms with Gasteiger partial charge in [0.05, 0.1) is 22.4 Å². The molecule has 1 aromatic heterocycles. The third-order valence-corrected chi connectivity index (χ3v) is 5.69. The van der Waals surface area contributed by atoms with Crippen molar-refractivity contribution in [2.24, 2.45) is 0 Å². The Hall–Kier alpha value is -3.68. The van der Waals surface area contributed by atoms with Gasteiger partial charge in [-0.25, -0.2) is 4.79 Å². The van der Waals surface area contributed by atoms with E-state index in [-0.39, 0.29) is 23.2 Å². The number of carbonyl (C=O) groups is 1. The zero-order valence-electron chi connectivity index (χ0n) is 18.5. The predicted octanol–water partition coefficient (Wildman–Crippen LogP) is 4.54. The molecule has 0 saturated heterocycles. The van der Waals surface area contributed by atoms with Crippen molar-refractivity contribution >= 4 is 33.9 Å². The molecule has 0 N–H and O–H groups in total. The van der Waals surface area contributed by atoms with Crippen LogP contribution >= 0.6 is 0 Å². The first-order valence-corrected chi connectivity index (χ1v) is 10.5. The summed E-state index contributed by atoms with van der Waals surface area (Å²) in [5, 5.41) is 12.1. The van der Waals surface area contributed by atoms with Gasteiger partial charge in [0.25, 0.3) is 5.69 Å². The second-order valence-electron chi connectivity index (χ2n) is 8.78. The summed E-state index contributed by atoms with van der Waals surface area (Å²) in [4.78, 5) is 39.1. The van der Waals surface area contributed by atoms with Crippen LogP contribution in [0, 0.1) is 10.1 Å². The van der Waals surface area contributed by atoms with Crippen molar-refractivity contribution in [2.45, 2.75) is 39.7 Å². The minimum absolute atomic E-state index is 0.119. The van der Waals surface area contributed by atoms with Gasteiger partial charge < -0.3 is 14.2 Å². The quantitative estimate of drug-likeness (QED) is 0.339. The highest BCUT2D eigenvalue weighted by atomic mass is 16.6. The van der Waals surface area contributed by atoms with E-state index in [9.17, 15) is 19.7 Å². The Morgan fingerprint density at radius 2 is 1.91 bits per heavy atom. The summed E-state index contributed by atoms with van der Waals surface area (Å²) in [6.07, 6.45) is 2.27. The fourth-order valence-electron chi connectivity index (χ4n) is 4.21. The third kappa shape index (κ3) is 3.51. The summed E-state index contributed by atoms with van der Waals surface area (Å²) in [6.45, 7) is 8.21. The molecular weight excluding hydrogens is 410 g/mol. The van der Waals surface area contributed by atoms with Gasteiger partial charge in [-0.05, 0) is 51.8 Å². The van der Waals surface area contributed by atoms with Crippen molar-refractivity contribution in [3.8, 4) is 0 Å². The van der Waals surface area contributed by atoms with E-state index in [0.717, 1.165) is 17.7 Å². The van der Waals surface area contributed by atoms with Crippen LogP contribution in [0.5, 0.6) is 0 Å². The minimum Gasteiger partial charge on any atom is -0.462 e. The van der Waals surface area contributed by atoms with Crippen LogP contribution in [-0.4, -0.2) is 28.6 Å². The van der Waals surface area contributed by atoms with E-state index >= 15 is 0 Å². The van der Waals surface area contributed by atoms with E-state index in [1.165, 1.54) is 12.3 Å². The van der Waals surface area contributed by atoms with Gasteiger partial charge in [-0.2, -0.15) is 0 Å². The number of para-hydroxylation sites is 1. The highest BCUT2D eigenvalue weighted by molar-refractivity contribution is 5.97. The molecule has 0 unspecified atom stereocenters. The summed E-state index contributed by atoms with van der Waals surface area (Å²) in [5.74, 6) is -0.738. The Morgan fingerprint density at radius 3 is 2.56 bits per heavy atom. The third-order valence-electron chi connectivity index (χ3n) is 5.69. The van der Waals surface area contributed by atoms with Crippen LogP contribution in [0.25, 0.3) is 10.9 Å². The van der Waals surface area contributed by atoms with Crippen molar-refractivity contribution in [1.82, 2.24) is 4.57 Å². The molecule has 8 nitrogen and oxygen atoms in total. The maximum absolute atomic E-state index is 13.2. The van der Waals surface area contributed by atoms with Crippen molar-refractivity contribution in [3.63, 3.8) is 0 Å². The molecule has 0 saturated carbocycles. The van der Waals surface area contributed by atoms with Crippen LogP contribution in [0.3, 0.4) is 0 Å². The molecule has 2 aromatic carbocycles. The number of ether oxygens (including phenoxy) is 1. The molecule has 0 atom stereocenters. The van der Waals surface area contributed by atoms with E-state index < -0.39 is 21.9 Å². The number of esters is 1. The second kappa shape index (κ2) is 7.78. The summed E-state index contributed by atoms with van der Waals surface area (Å²) in [7, 11) is 0.